The van der Waals surface area contributed by atoms with Gasteiger partial charge in [0.15, 0.2) is 5.69 Å². The summed E-state index contributed by atoms with van der Waals surface area (Å²) in [5.41, 5.74) is -0.723. The average molecular weight is 547 g/mol. The van der Waals surface area contributed by atoms with E-state index in [4.69, 9.17) is 4.74 Å². The molecule has 3 aromatic rings. The van der Waals surface area contributed by atoms with Gasteiger partial charge in [-0.15, -0.1) is 0 Å². The van der Waals surface area contributed by atoms with Gasteiger partial charge in [0, 0.05) is 18.3 Å². The molecule has 4 amide bonds. The summed E-state index contributed by atoms with van der Waals surface area (Å²) in [5, 5.41) is 13.7. The van der Waals surface area contributed by atoms with E-state index in [1.165, 1.54) is 19.1 Å². The molecule has 10 nitrogen and oxygen atoms in total. The minimum atomic E-state index is -4.75. The van der Waals surface area contributed by atoms with Crippen molar-refractivity contribution in [3.05, 3.63) is 71.9 Å². The number of hydrogen-bond acceptors (Lipinski definition) is 5. The first-order valence-corrected chi connectivity index (χ1v) is 11.9. The van der Waals surface area contributed by atoms with Gasteiger partial charge in [0.1, 0.15) is 17.5 Å². The highest BCUT2D eigenvalue weighted by Crippen LogP contribution is 2.31. The third kappa shape index (κ3) is 8.76. The van der Waals surface area contributed by atoms with Crippen LogP contribution < -0.4 is 21.3 Å². The number of urea groups is 1. The van der Waals surface area contributed by atoms with Crippen LogP contribution in [0.3, 0.4) is 0 Å². The third-order valence-electron chi connectivity index (χ3n) is 5.02. The Labute approximate surface area is 222 Å². The van der Waals surface area contributed by atoms with Crippen molar-refractivity contribution in [1.82, 2.24) is 20.4 Å². The van der Waals surface area contributed by atoms with E-state index in [1.54, 1.807) is 63.2 Å². The van der Waals surface area contributed by atoms with Crippen LogP contribution in [0.15, 0.2) is 60.7 Å². The van der Waals surface area contributed by atoms with E-state index in [-0.39, 0.29) is 18.1 Å². The smallest absolute Gasteiger partial charge is 0.435 e. The summed E-state index contributed by atoms with van der Waals surface area (Å²) in [6, 6.07) is 13.7. The summed E-state index contributed by atoms with van der Waals surface area (Å²) in [6.45, 7) is 6.57. The van der Waals surface area contributed by atoms with E-state index in [0.717, 1.165) is 10.7 Å². The number of para-hydroxylation sites is 1. The molecule has 0 aliphatic carbocycles. The molecule has 1 unspecified atom stereocenters. The van der Waals surface area contributed by atoms with Crippen molar-refractivity contribution in [1.29, 1.82) is 0 Å². The Bertz CT molecular complexity index is 1320. The van der Waals surface area contributed by atoms with Gasteiger partial charge >= 0.3 is 18.3 Å². The lowest BCUT2D eigenvalue weighted by Gasteiger charge is -2.21. The number of benzene rings is 2. The molecule has 4 N–H and O–H groups in total. The molecule has 13 heteroatoms. The second kappa shape index (κ2) is 11.9. The number of amides is 4. The van der Waals surface area contributed by atoms with Gasteiger partial charge in [-0.25, -0.2) is 14.3 Å². The molecular formula is C26H29F3N6O4. The number of aromatic nitrogens is 2. The minimum absolute atomic E-state index is 0.0116. The van der Waals surface area contributed by atoms with Crippen molar-refractivity contribution >= 4 is 29.5 Å². The van der Waals surface area contributed by atoms with Gasteiger partial charge in [-0.1, -0.05) is 30.3 Å². The van der Waals surface area contributed by atoms with Gasteiger partial charge < -0.3 is 20.7 Å². The SMILES string of the molecule is CC(NC(=O)OC(C)(C)C)C(=O)NCc1cccc(-n2nc(C(F)(F)F)cc2NC(=O)Nc2ccccc2)c1. The number of ether oxygens (including phenoxy) is 1. The van der Waals surface area contributed by atoms with Gasteiger partial charge in [0.2, 0.25) is 5.91 Å². The fraction of sp³-hybridized carbons (Fsp3) is 0.308. The highest BCUT2D eigenvalue weighted by Gasteiger charge is 2.35. The Morgan fingerprint density at radius 3 is 2.31 bits per heavy atom. The van der Waals surface area contributed by atoms with Crippen molar-refractivity contribution in [2.24, 2.45) is 0 Å². The van der Waals surface area contributed by atoms with Crippen LogP contribution in [-0.4, -0.2) is 39.5 Å². The zero-order valence-electron chi connectivity index (χ0n) is 21.7. The Balaban J connectivity index is 1.73. The van der Waals surface area contributed by atoms with Crippen molar-refractivity contribution in [3.63, 3.8) is 0 Å². The number of nitrogens with zero attached hydrogens (tertiary/aromatic N) is 2. The van der Waals surface area contributed by atoms with Crippen LogP contribution in [0.2, 0.25) is 0 Å². The molecule has 0 radical (unpaired) electrons. The second-order valence-corrected chi connectivity index (χ2v) is 9.53. The molecule has 0 saturated heterocycles. The van der Waals surface area contributed by atoms with Crippen molar-refractivity contribution in [2.75, 3.05) is 10.6 Å². The van der Waals surface area contributed by atoms with Crippen molar-refractivity contribution < 1.29 is 32.3 Å². The molecule has 1 atom stereocenters. The van der Waals surface area contributed by atoms with E-state index < -0.39 is 41.5 Å². The zero-order chi connectivity index (χ0) is 28.8. The fourth-order valence-corrected chi connectivity index (χ4v) is 3.30. The lowest BCUT2D eigenvalue weighted by atomic mass is 10.2. The molecule has 0 aliphatic heterocycles. The van der Waals surface area contributed by atoms with Crippen LogP contribution >= 0.6 is 0 Å². The largest absolute Gasteiger partial charge is 0.444 e. The predicted octanol–water partition coefficient (Wildman–Crippen LogP) is 5.06. The number of alkyl halides is 3. The van der Waals surface area contributed by atoms with Gasteiger partial charge in [-0.3, -0.25) is 10.1 Å². The van der Waals surface area contributed by atoms with Crippen LogP contribution in [0.25, 0.3) is 5.69 Å². The lowest BCUT2D eigenvalue weighted by Crippen LogP contribution is -2.46. The maximum Gasteiger partial charge on any atom is 0.435 e. The summed E-state index contributed by atoms with van der Waals surface area (Å²) < 4.78 is 46.4. The average Bonchev–Trinajstić information content (AvgIpc) is 3.26. The van der Waals surface area contributed by atoms with Crippen molar-refractivity contribution in [3.8, 4) is 5.69 Å². The van der Waals surface area contributed by atoms with Crippen molar-refractivity contribution in [2.45, 2.75) is 52.1 Å². The number of anilines is 2. The molecule has 2 aromatic carbocycles. The van der Waals surface area contributed by atoms with E-state index in [2.05, 4.69) is 26.4 Å². The Kier molecular flexibility index (Phi) is 8.84. The molecule has 0 fully saturated rings. The van der Waals surface area contributed by atoms with Crippen LogP contribution in [0, 0.1) is 0 Å². The summed E-state index contributed by atoms with van der Waals surface area (Å²) in [6.07, 6.45) is -5.50. The summed E-state index contributed by atoms with van der Waals surface area (Å²) in [4.78, 5) is 36.8. The highest BCUT2D eigenvalue weighted by molar-refractivity contribution is 5.99. The number of alkyl carbamates (subject to hydrolysis) is 1. The van der Waals surface area contributed by atoms with E-state index in [0.29, 0.717) is 11.3 Å². The Morgan fingerprint density at radius 1 is 0.974 bits per heavy atom. The monoisotopic (exact) mass is 546 g/mol. The minimum Gasteiger partial charge on any atom is -0.444 e. The number of hydrogen-bond donors (Lipinski definition) is 4. The molecule has 0 spiro atoms. The highest BCUT2D eigenvalue weighted by atomic mass is 19.4. The van der Waals surface area contributed by atoms with Gasteiger partial charge in [0.05, 0.1) is 5.69 Å². The van der Waals surface area contributed by atoms with E-state index >= 15 is 0 Å². The van der Waals surface area contributed by atoms with Gasteiger partial charge in [0.25, 0.3) is 0 Å². The Morgan fingerprint density at radius 2 is 1.67 bits per heavy atom. The lowest BCUT2D eigenvalue weighted by molar-refractivity contribution is -0.141. The summed E-state index contributed by atoms with van der Waals surface area (Å²) in [5.74, 6) is -0.711. The Hall–Kier alpha value is -4.55. The first-order chi connectivity index (χ1) is 18.2. The standard InChI is InChI=1S/C26H29F3N6O4/c1-16(31-24(38)39-25(2,3)4)22(36)30-15-17-9-8-12-19(13-17)35-21(14-20(34-35)26(27,28)29)33-23(37)32-18-10-6-5-7-11-18/h5-14,16H,15H2,1-4H3,(H,30,36)(H,31,38)(H2,32,33,37). The molecule has 39 heavy (non-hydrogen) atoms. The molecular weight excluding hydrogens is 517 g/mol. The van der Waals surface area contributed by atoms with Gasteiger partial charge in [-0.05, 0) is 57.5 Å². The van der Waals surface area contributed by atoms with E-state index in [1.807, 2.05) is 0 Å². The number of halogens is 3. The topological polar surface area (TPSA) is 126 Å². The molecule has 208 valence electrons. The van der Waals surface area contributed by atoms with E-state index in [9.17, 15) is 27.6 Å². The number of carbonyl (C=O) groups is 3. The maximum atomic E-state index is 13.4. The quantitative estimate of drug-likeness (QED) is 0.329. The number of nitrogens with one attached hydrogen (secondary N) is 4. The van der Waals surface area contributed by atoms with Crippen LogP contribution in [0.4, 0.5) is 34.3 Å². The summed E-state index contributed by atoms with van der Waals surface area (Å²) >= 11 is 0. The van der Waals surface area contributed by atoms with Crippen LogP contribution in [0.1, 0.15) is 39.0 Å². The third-order valence-corrected chi connectivity index (χ3v) is 5.02. The molecule has 0 aliphatic rings. The molecule has 1 aromatic heterocycles. The predicted molar refractivity (Wildman–Crippen MR) is 138 cm³/mol. The fourth-order valence-electron chi connectivity index (χ4n) is 3.30. The van der Waals surface area contributed by atoms with Crippen LogP contribution in [0.5, 0.6) is 0 Å². The molecule has 0 bridgehead atoms. The number of carbonyl (C=O) groups excluding carboxylic acids is 3. The normalized spacial score (nSPS) is 12.3. The van der Waals surface area contributed by atoms with Crippen LogP contribution in [-0.2, 0) is 22.3 Å². The van der Waals surface area contributed by atoms with Gasteiger partial charge in [-0.2, -0.15) is 18.3 Å². The first-order valence-electron chi connectivity index (χ1n) is 11.9. The molecule has 3 rings (SSSR count). The first kappa shape index (κ1) is 29.0. The zero-order valence-corrected chi connectivity index (χ0v) is 21.7. The maximum absolute atomic E-state index is 13.4. The molecule has 0 saturated carbocycles. The second-order valence-electron chi connectivity index (χ2n) is 9.53. The number of rotatable bonds is 7. The molecule has 1 heterocycles. The summed E-state index contributed by atoms with van der Waals surface area (Å²) in [7, 11) is 0.